The topological polar surface area (TPSA) is 21.3 Å². The summed E-state index contributed by atoms with van der Waals surface area (Å²) in [7, 11) is 0. The van der Waals surface area contributed by atoms with Gasteiger partial charge in [-0.1, -0.05) is 40.0 Å². The van der Waals surface area contributed by atoms with Crippen LogP contribution in [0.3, 0.4) is 0 Å². The van der Waals surface area contributed by atoms with Crippen molar-refractivity contribution in [3.8, 4) is 0 Å². The van der Waals surface area contributed by atoms with Crippen LogP contribution in [0.5, 0.6) is 0 Å². The number of hydrogen-bond donors (Lipinski definition) is 1. The van der Waals surface area contributed by atoms with Crippen LogP contribution in [0.25, 0.3) is 0 Å². The molecule has 0 saturated heterocycles. The summed E-state index contributed by atoms with van der Waals surface area (Å²) in [5.41, 5.74) is 0.384. The summed E-state index contributed by atoms with van der Waals surface area (Å²) in [5.74, 6) is 0.845. The molecule has 0 amide bonds. The van der Waals surface area contributed by atoms with E-state index in [1.54, 1.807) is 0 Å². The Morgan fingerprint density at radius 2 is 1.83 bits per heavy atom. The molecule has 2 aliphatic rings. The van der Waals surface area contributed by atoms with E-state index < -0.39 is 0 Å². The molecule has 0 heterocycles. The number of rotatable bonds is 5. The van der Waals surface area contributed by atoms with Crippen LogP contribution >= 0.6 is 0 Å². The lowest BCUT2D eigenvalue weighted by molar-refractivity contribution is -0.0482. The smallest absolute Gasteiger partial charge is 0.0733 e. The minimum atomic E-state index is 0.384. The molecule has 2 atom stereocenters. The summed E-state index contributed by atoms with van der Waals surface area (Å²) in [6.45, 7) is 9.05. The lowest BCUT2D eigenvalue weighted by Crippen LogP contribution is -2.53. The molecular formula is C16H31NO. The van der Waals surface area contributed by atoms with Crippen molar-refractivity contribution in [2.24, 2.45) is 11.3 Å². The van der Waals surface area contributed by atoms with E-state index in [2.05, 4.69) is 26.1 Å². The molecule has 0 aromatic rings. The van der Waals surface area contributed by atoms with E-state index in [4.69, 9.17) is 4.74 Å². The first-order valence-electron chi connectivity index (χ1n) is 7.98. The fourth-order valence-electron chi connectivity index (χ4n) is 3.83. The third kappa shape index (κ3) is 3.48. The van der Waals surface area contributed by atoms with E-state index in [0.717, 1.165) is 19.1 Å². The molecule has 0 aromatic heterocycles. The molecule has 2 aliphatic carbocycles. The molecule has 18 heavy (non-hydrogen) atoms. The minimum Gasteiger partial charge on any atom is -0.376 e. The fraction of sp³-hybridized carbons (Fsp3) is 1.00. The lowest BCUT2D eigenvalue weighted by Gasteiger charge is -2.44. The Balaban J connectivity index is 1.87. The van der Waals surface area contributed by atoms with E-state index in [9.17, 15) is 0 Å². The van der Waals surface area contributed by atoms with Gasteiger partial charge < -0.3 is 10.1 Å². The van der Waals surface area contributed by atoms with Gasteiger partial charge in [0.25, 0.3) is 0 Å². The SMILES string of the molecule is CCNC1C(OCC2CCCC2)CCCC1(C)C. The zero-order valence-electron chi connectivity index (χ0n) is 12.5. The van der Waals surface area contributed by atoms with E-state index in [-0.39, 0.29) is 0 Å². The molecular weight excluding hydrogens is 222 g/mol. The van der Waals surface area contributed by atoms with Crippen molar-refractivity contribution in [1.82, 2.24) is 5.32 Å². The largest absolute Gasteiger partial charge is 0.376 e. The maximum absolute atomic E-state index is 6.31. The number of ether oxygens (including phenoxy) is 1. The van der Waals surface area contributed by atoms with Crippen molar-refractivity contribution in [3.05, 3.63) is 0 Å². The molecule has 2 rings (SSSR count). The van der Waals surface area contributed by atoms with Crippen LogP contribution in [0.2, 0.25) is 0 Å². The molecule has 1 N–H and O–H groups in total. The molecule has 0 aliphatic heterocycles. The Labute approximate surface area is 113 Å². The molecule has 106 valence electrons. The summed E-state index contributed by atoms with van der Waals surface area (Å²) in [6, 6.07) is 0.539. The molecule has 0 spiro atoms. The second-order valence-electron chi connectivity index (χ2n) is 6.94. The van der Waals surface area contributed by atoms with Gasteiger partial charge in [0.15, 0.2) is 0 Å². The molecule has 0 bridgehead atoms. The van der Waals surface area contributed by atoms with Gasteiger partial charge in [-0.05, 0) is 43.6 Å². The highest BCUT2D eigenvalue weighted by Gasteiger charge is 2.39. The van der Waals surface area contributed by atoms with E-state index >= 15 is 0 Å². The first-order chi connectivity index (χ1) is 8.63. The zero-order chi connectivity index (χ0) is 13.0. The highest BCUT2D eigenvalue weighted by atomic mass is 16.5. The second-order valence-corrected chi connectivity index (χ2v) is 6.94. The summed E-state index contributed by atoms with van der Waals surface area (Å²) in [6.07, 6.45) is 9.95. The van der Waals surface area contributed by atoms with E-state index in [1.807, 2.05) is 0 Å². The second kappa shape index (κ2) is 6.38. The van der Waals surface area contributed by atoms with Crippen LogP contribution in [0.15, 0.2) is 0 Å². The van der Waals surface area contributed by atoms with Crippen LogP contribution in [0.1, 0.15) is 65.7 Å². The maximum atomic E-state index is 6.31. The first-order valence-corrected chi connectivity index (χ1v) is 7.98. The summed E-state index contributed by atoms with van der Waals surface area (Å²) < 4.78 is 6.31. The summed E-state index contributed by atoms with van der Waals surface area (Å²) >= 11 is 0. The van der Waals surface area contributed by atoms with Crippen LogP contribution in [0.4, 0.5) is 0 Å². The average Bonchev–Trinajstić information content (AvgIpc) is 2.83. The Bertz CT molecular complexity index is 245. The normalized spacial score (nSPS) is 32.8. The van der Waals surface area contributed by atoms with Crippen molar-refractivity contribution in [3.63, 3.8) is 0 Å². The third-order valence-electron chi connectivity index (χ3n) is 4.97. The Hall–Kier alpha value is -0.0800. The number of nitrogens with one attached hydrogen (secondary N) is 1. The molecule has 2 saturated carbocycles. The fourth-order valence-corrected chi connectivity index (χ4v) is 3.83. The van der Waals surface area contributed by atoms with Gasteiger partial charge in [-0.15, -0.1) is 0 Å². The van der Waals surface area contributed by atoms with Crippen molar-refractivity contribution in [1.29, 1.82) is 0 Å². The van der Waals surface area contributed by atoms with Gasteiger partial charge >= 0.3 is 0 Å². The summed E-state index contributed by atoms with van der Waals surface area (Å²) in [4.78, 5) is 0. The Morgan fingerprint density at radius 3 is 2.50 bits per heavy atom. The van der Waals surface area contributed by atoms with E-state index in [1.165, 1.54) is 44.9 Å². The van der Waals surface area contributed by atoms with Crippen LogP contribution in [-0.4, -0.2) is 25.3 Å². The van der Waals surface area contributed by atoms with Gasteiger partial charge in [0.1, 0.15) is 0 Å². The van der Waals surface area contributed by atoms with Gasteiger partial charge in [0, 0.05) is 12.6 Å². The minimum absolute atomic E-state index is 0.384. The maximum Gasteiger partial charge on any atom is 0.0733 e. The lowest BCUT2D eigenvalue weighted by atomic mass is 9.71. The molecule has 2 nitrogen and oxygen atoms in total. The molecule has 2 unspecified atom stereocenters. The monoisotopic (exact) mass is 253 g/mol. The number of hydrogen-bond acceptors (Lipinski definition) is 2. The van der Waals surface area contributed by atoms with Gasteiger partial charge in [0.05, 0.1) is 6.10 Å². The van der Waals surface area contributed by atoms with Gasteiger partial charge in [-0.3, -0.25) is 0 Å². The molecule has 0 radical (unpaired) electrons. The van der Waals surface area contributed by atoms with Gasteiger partial charge in [-0.25, -0.2) is 0 Å². The molecule has 2 heteroatoms. The van der Waals surface area contributed by atoms with Crippen LogP contribution in [-0.2, 0) is 4.74 Å². The quantitative estimate of drug-likeness (QED) is 0.805. The summed E-state index contributed by atoms with van der Waals surface area (Å²) in [5, 5.41) is 3.68. The van der Waals surface area contributed by atoms with Crippen molar-refractivity contribution < 1.29 is 4.74 Å². The zero-order valence-corrected chi connectivity index (χ0v) is 12.5. The van der Waals surface area contributed by atoms with E-state index in [0.29, 0.717) is 17.6 Å². The van der Waals surface area contributed by atoms with Crippen molar-refractivity contribution in [2.75, 3.05) is 13.2 Å². The van der Waals surface area contributed by atoms with Crippen molar-refractivity contribution >= 4 is 0 Å². The Kier molecular flexibility index (Phi) is 5.08. The average molecular weight is 253 g/mol. The number of likely N-dealkylation sites (N-methyl/N-ethyl adjacent to an activating group) is 1. The van der Waals surface area contributed by atoms with Crippen LogP contribution < -0.4 is 5.32 Å². The molecule has 2 fully saturated rings. The van der Waals surface area contributed by atoms with Gasteiger partial charge in [-0.2, -0.15) is 0 Å². The highest BCUT2D eigenvalue weighted by molar-refractivity contribution is 4.94. The van der Waals surface area contributed by atoms with Gasteiger partial charge in [0.2, 0.25) is 0 Å². The molecule has 0 aromatic carbocycles. The van der Waals surface area contributed by atoms with Crippen molar-refractivity contribution in [2.45, 2.75) is 77.9 Å². The predicted molar refractivity (Wildman–Crippen MR) is 76.8 cm³/mol. The third-order valence-corrected chi connectivity index (χ3v) is 4.97. The predicted octanol–water partition coefficient (Wildman–Crippen LogP) is 3.75. The Morgan fingerprint density at radius 1 is 1.11 bits per heavy atom. The first kappa shape index (κ1) is 14.3. The van der Waals surface area contributed by atoms with Crippen LogP contribution in [0, 0.1) is 11.3 Å². The standard InChI is InChI=1S/C16H31NO/c1-4-17-15-14(10-7-11-16(15,2)3)18-12-13-8-5-6-9-13/h13-15,17H,4-12H2,1-3H3. The highest BCUT2D eigenvalue weighted by Crippen LogP contribution is 2.37.